The van der Waals surface area contributed by atoms with E-state index in [1.165, 1.54) is 0 Å². The van der Waals surface area contributed by atoms with E-state index in [-0.39, 0.29) is 11.8 Å². The third kappa shape index (κ3) is 4.68. The van der Waals surface area contributed by atoms with Gasteiger partial charge >= 0.3 is 0 Å². The summed E-state index contributed by atoms with van der Waals surface area (Å²) in [6.07, 6.45) is 3.36. The summed E-state index contributed by atoms with van der Waals surface area (Å²) < 4.78 is 7.20. The molecular weight excluding hydrogens is 392 g/mol. The Balaban J connectivity index is 1.43. The summed E-state index contributed by atoms with van der Waals surface area (Å²) in [6.45, 7) is 5.92. The van der Waals surface area contributed by atoms with Crippen LogP contribution in [-0.2, 0) is 11.3 Å². The third-order valence-electron chi connectivity index (χ3n) is 5.63. The van der Waals surface area contributed by atoms with E-state index in [1.54, 1.807) is 13.4 Å². The van der Waals surface area contributed by atoms with Crippen LogP contribution < -0.4 is 15.0 Å². The van der Waals surface area contributed by atoms with Crippen LogP contribution in [0, 0.1) is 19.8 Å². The first kappa shape index (κ1) is 20.8. The molecule has 162 valence electrons. The second kappa shape index (κ2) is 9.16. The van der Waals surface area contributed by atoms with Gasteiger partial charge in [-0.25, -0.2) is 14.6 Å². The van der Waals surface area contributed by atoms with Crippen molar-refractivity contribution in [2.45, 2.75) is 33.2 Å². The Labute approximate surface area is 182 Å². The van der Waals surface area contributed by atoms with Crippen molar-refractivity contribution < 1.29 is 9.53 Å². The van der Waals surface area contributed by atoms with Gasteiger partial charge in [0.1, 0.15) is 17.9 Å². The van der Waals surface area contributed by atoms with Gasteiger partial charge in [0.25, 0.3) is 0 Å². The molecule has 1 aromatic carbocycles. The lowest BCUT2D eigenvalue weighted by Gasteiger charge is -2.33. The first-order valence-electron chi connectivity index (χ1n) is 10.6. The zero-order valence-corrected chi connectivity index (χ0v) is 18.2. The summed E-state index contributed by atoms with van der Waals surface area (Å²) >= 11 is 0. The second-order valence-electron chi connectivity index (χ2n) is 7.89. The van der Waals surface area contributed by atoms with Gasteiger partial charge < -0.3 is 15.0 Å². The zero-order chi connectivity index (χ0) is 21.8. The molecule has 8 heteroatoms. The van der Waals surface area contributed by atoms with E-state index in [9.17, 15) is 4.79 Å². The summed E-state index contributed by atoms with van der Waals surface area (Å²) in [4.78, 5) is 23.9. The lowest BCUT2D eigenvalue weighted by molar-refractivity contribution is -0.125. The normalized spacial score (nSPS) is 16.2. The minimum atomic E-state index is -0.0874. The number of piperidine rings is 1. The van der Waals surface area contributed by atoms with Crippen molar-refractivity contribution >= 4 is 11.7 Å². The van der Waals surface area contributed by atoms with Crippen LogP contribution in [-0.4, -0.2) is 45.9 Å². The number of benzene rings is 1. The quantitative estimate of drug-likeness (QED) is 0.660. The molecule has 2 aromatic heterocycles. The predicted molar refractivity (Wildman–Crippen MR) is 118 cm³/mol. The van der Waals surface area contributed by atoms with Crippen LogP contribution in [0.4, 0.5) is 5.82 Å². The number of nitrogens with zero attached hydrogens (tertiary/aromatic N) is 5. The van der Waals surface area contributed by atoms with Gasteiger partial charge in [0, 0.05) is 37.0 Å². The van der Waals surface area contributed by atoms with E-state index in [4.69, 9.17) is 4.74 Å². The summed E-state index contributed by atoms with van der Waals surface area (Å²) in [6, 6.07) is 11.7. The highest BCUT2D eigenvalue weighted by Crippen LogP contribution is 2.24. The number of anilines is 1. The fourth-order valence-corrected chi connectivity index (χ4v) is 4.06. The van der Waals surface area contributed by atoms with E-state index in [0.29, 0.717) is 13.1 Å². The Morgan fingerprint density at radius 3 is 2.77 bits per heavy atom. The summed E-state index contributed by atoms with van der Waals surface area (Å²) in [5, 5.41) is 7.58. The SMILES string of the molecule is COc1ccccc1CNC(=O)C1CCCN(c2cc(-n3nc(C)cc3C)ncn2)C1. The van der Waals surface area contributed by atoms with Crippen molar-refractivity contribution in [1.82, 2.24) is 25.1 Å². The van der Waals surface area contributed by atoms with E-state index < -0.39 is 0 Å². The summed E-state index contributed by atoms with van der Waals surface area (Å²) in [7, 11) is 1.64. The maximum atomic E-state index is 12.9. The number of para-hydroxylation sites is 1. The highest BCUT2D eigenvalue weighted by atomic mass is 16.5. The first-order chi connectivity index (χ1) is 15.0. The number of carbonyl (C=O) groups is 1. The summed E-state index contributed by atoms with van der Waals surface area (Å²) in [5.74, 6) is 2.31. The third-order valence-corrected chi connectivity index (χ3v) is 5.63. The van der Waals surface area contributed by atoms with Crippen LogP contribution in [0.15, 0.2) is 42.7 Å². The van der Waals surface area contributed by atoms with Crippen molar-refractivity contribution in [3.05, 3.63) is 59.7 Å². The number of methoxy groups -OCH3 is 1. The largest absolute Gasteiger partial charge is 0.496 e. The molecule has 0 aliphatic carbocycles. The maximum Gasteiger partial charge on any atom is 0.225 e. The predicted octanol–water partition coefficient (Wildman–Crippen LogP) is 2.82. The molecular formula is C23H28N6O2. The van der Waals surface area contributed by atoms with Crippen LogP contribution in [0.25, 0.3) is 5.82 Å². The Morgan fingerprint density at radius 1 is 1.19 bits per heavy atom. The fourth-order valence-electron chi connectivity index (χ4n) is 4.06. The molecule has 3 heterocycles. The van der Waals surface area contributed by atoms with E-state index in [1.807, 2.05) is 54.9 Å². The number of ether oxygens (including phenoxy) is 1. The van der Waals surface area contributed by atoms with Crippen molar-refractivity contribution in [2.75, 3.05) is 25.1 Å². The Bertz CT molecular complexity index is 1060. The number of hydrogen-bond acceptors (Lipinski definition) is 6. The zero-order valence-electron chi connectivity index (χ0n) is 18.2. The maximum absolute atomic E-state index is 12.9. The standard InChI is InChI=1S/C23H28N6O2/c1-16-11-17(2)29(27-16)22-12-21(25-15-26-22)28-10-6-8-19(14-28)23(30)24-13-18-7-4-5-9-20(18)31-3/h4-5,7,9,11-12,15,19H,6,8,10,13-14H2,1-3H3,(H,24,30). The number of carbonyl (C=O) groups excluding carboxylic acids is 1. The summed E-state index contributed by atoms with van der Waals surface area (Å²) in [5.41, 5.74) is 2.94. The molecule has 0 spiro atoms. The lowest BCUT2D eigenvalue weighted by Crippen LogP contribution is -2.43. The highest BCUT2D eigenvalue weighted by molar-refractivity contribution is 5.79. The van der Waals surface area contributed by atoms with Gasteiger partial charge in [-0.05, 0) is 38.8 Å². The molecule has 1 aliphatic heterocycles. The van der Waals surface area contributed by atoms with Gasteiger partial charge in [-0.2, -0.15) is 5.10 Å². The van der Waals surface area contributed by atoms with Crippen LogP contribution in [0.5, 0.6) is 5.75 Å². The molecule has 1 N–H and O–H groups in total. The monoisotopic (exact) mass is 420 g/mol. The molecule has 1 fully saturated rings. The molecule has 0 bridgehead atoms. The van der Waals surface area contributed by atoms with Gasteiger partial charge in [0.2, 0.25) is 5.91 Å². The lowest BCUT2D eigenvalue weighted by atomic mass is 9.97. The van der Waals surface area contributed by atoms with E-state index in [0.717, 1.165) is 53.7 Å². The number of aryl methyl sites for hydroxylation is 2. The van der Waals surface area contributed by atoms with Gasteiger partial charge in [0.15, 0.2) is 5.82 Å². The average Bonchev–Trinajstić information content (AvgIpc) is 3.15. The highest BCUT2D eigenvalue weighted by Gasteiger charge is 2.27. The van der Waals surface area contributed by atoms with E-state index in [2.05, 4.69) is 25.3 Å². The van der Waals surface area contributed by atoms with Crippen LogP contribution in [0.1, 0.15) is 29.8 Å². The second-order valence-corrected chi connectivity index (χ2v) is 7.89. The van der Waals surface area contributed by atoms with Gasteiger partial charge in [-0.15, -0.1) is 0 Å². The molecule has 8 nitrogen and oxygen atoms in total. The van der Waals surface area contributed by atoms with Gasteiger partial charge in [-0.3, -0.25) is 4.79 Å². The number of hydrogen-bond donors (Lipinski definition) is 1. The molecule has 3 aromatic rings. The molecule has 0 saturated carbocycles. The molecule has 31 heavy (non-hydrogen) atoms. The first-order valence-corrected chi connectivity index (χ1v) is 10.6. The minimum absolute atomic E-state index is 0.0587. The number of nitrogens with one attached hydrogen (secondary N) is 1. The smallest absolute Gasteiger partial charge is 0.225 e. The average molecular weight is 421 g/mol. The van der Waals surface area contributed by atoms with Crippen molar-refractivity contribution in [1.29, 1.82) is 0 Å². The van der Waals surface area contributed by atoms with Crippen molar-refractivity contribution in [3.63, 3.8) is 0 Å². The number of amides is 1. The fraction of sp³-hybridized carbons (Fsp3) is 0.391. The van der Waals surface area contributed by atoms with Crippen molar-refractivity contribution in [2.24, 2.45) is 5.92 Å². The van der Waals surface area contributed by atoms with Crippen LogP contribution >= 0.6 is 0 Å². The van der Waals surface area contributed by atoms with E-state index >= 15 is 0 Å². The molecule has 1 aliphatic rings. The number of aromatic nitrogens is 4. The molecule has 4 rings (SSSR count). The minimum Gasteiger partial charge on any atom is -0.496 e. The van der Waals surface area contributed by atoms with Gasteiger partial charge in [0.05, 0.1) is 18.7 Å². The van der Waals surface area contributed by atoms with Crippen LogP contribution in [0.2, 0.25) is 0 Å². The Kier molecular flexibility index (Phi) is 6.16. The molecule has 1 unspecified atom stereocenters. The van der Waals surface area contributed by atoms with Gasteiger partial charge in [-0.1, -0.05) is 18.2 Å². The molecule has 1 saturated heterocycles. The molecule has 0 radical (unpaired) electrons. The van der Waals surface area contributed by atoms with Crippen molar-refractivity contribution in [3.8, 4) is 11.6 Å². The molecule has 1 atom stereocenters. The molecule has 1 amide bonds. The topological polar surface area (TPSA) is 85.2 Å². The van der Waals surface area contributed by atoms with Crippen LogP contribution in [0.3, 0.4) is 0 Å². The number of rotatable bonds is 6. The Morgan fingerprint density at radius 2 is 2.00 bits per heavy atom. The Hall–Kier alpha value is -3.42.